The molecule has 202 valence electrons. The number of aliphatic hydroxyl groups is 1. The average molecular weight is 540 g/mol. The number of benzene rings is 1. The lowest BCUT2D eigenvalue weighted by atomic mass is 9.82. The number of aromatic nitrogens is 1. The van der Waals surface area contributed by atoms with Crippen LogP contribution < -0.4 is 5.32 Å². The number of likely N-dealkylation sites (tertiary alicyclic amines) is 1. The monoisotopic (exact) mass is 539 g/mol. The smallest absolute Gasteiger partial charge is 0.383 e. The maximum Gasteiger partial charge on any atom is 0.416 e. The number of carbonyl (C=O) groups is 2. The number of rotatable bonds is 9. The van der Waals surface area contributed by atoms with Crippen LogP contribution >= 0.6 is 11.3 Å². The third-order valence-electron chi connectivity index (χ3n) is 7.21. The number of alkyl halides is 3. The molecule has 1 aromatic heterocycles. The zero-order valence-corrected chi connectivity index (χ0v) is 21.5. The first-order valence-corrected chi connectivity index (χ1v) is 13.3. The van der Waals surface area contributed by atoms with E-state index in [2.05, 4.69) is 15.2 Å². The van der Waals surface area contributed by atoms with Crippen LogP contribution in [0.5, 0.6) is 0 Å². The summed E-state index contributed by atoms with van der Waals surface area (Å²) < 4.78 is 43.8. The van der Waals surface area contributed by atoms with Gasteiger partial charge in [-0.25, -0.2) is 4.98 Å². The molecular formula is C26H32F3N3O4S. The number of ether oxygens (including phenoxy) is 1. The minimum absolute atomic E-state index is 0.0347. The third-order valence-corrected chi connectivity index (χ3v) is 8.38. The van der Waals surface area contributed by atoms with Crippen molar-refractivity contribution in [3.63, 3.8) is 0 Å². The van der Waals surface area contributed by atoms with Gasteiger partial charge in [-0.3, -0.25) is 14.5 Å². The summed E-state index contributed by atoms with van der Waals surface area (Å²) >= 11 is 1.49. The number of thiazole rings is 1. The number of halogens is 3. The lowest BCUT2D eigenvalue weighted by Gasteiger charge is -2.38. The largest absolute Gasteiger partial charge is 0.416 e. The van der Waals surface area contributed by atoms with Crippen LogP contribution in [-0.4, -0.2) is 59.0 Å². The Labute approximate surface area is 218 Å². The fourth-order valence-electron chi connectivity index (χ4n) is 5.17. The average Bonchev–Trinajstić information content (AvgIpc) is 3.53. The number of amides is 1. The lowest BCUT2D eigenvalue weighted by molar-refractivity contribution is -0.137. The van der Waals surface area contributed by atoms with E-state index in [4.69, 9.17) is 4.74 Å². The van der Waals surface area contributed by atoms with Crippen molar-refractivity contribution in [2.75, 3.05) is 20.2 Å². The van der Waals surface area contributed by atoms with E-state index in [9.17, 15) is 27.9 Å². The number of methoxy groups -OCH3 is 1. The van der Waals surface area contributed by atoms with Crippen LogP contribution in [0.1, 0.15) is 70.8 Å². The first-order valence-electron chi connectivity index (χ1n) is 12.5. The van der Waals surface area contributed by atoms with E-state index < -0.39 is 23.1 Å². The molecule has 7 nitrogen and oxygen atoms in total. The third kappa shape index (κ3) is 6.95. The van der Waals surface area contributed by atoms with E-state index >= 15 is 0 Å². The molecule has 1 aliphatic heterocycles. The van der Waals surface area contributed by atoms with E-state index in [1.54, 1.807) is 13.3 Å². The number of carbonyl (C=O) groups excluding carboxylic acids is 2. The van der Waals surface area contributed by atoms with E-state index in [1.807, 2.05) is 0 Å². The van der Waals surface area contributed by atoms with E-state index in [0.717, 1.165) is 47.8 Å². The van der Waals surface area contributed by atoms with Gasteiger partial charge in [0.15, 0.2) is 5.78 Å². The molecular weight excluding hydrogens is 507 g/mol. The normalized spacial score (nSPS) is 24.8. The van der Waals surface area contributed by atoms with Crippen LogP contribution in [0.4, 0.5) is 13.2 Å². The van der Waals surface area contributed by atoms with E-state index in [0.29, 0.717) is 32.0 Å². The van der Waals surface area contributed by atoms with Gasteiger partial charge in [0.25, 0.3) is 0 Å². The molecule has 2 heterocycles. The number of ketones is 1. The molecule has 0 bridgehead atoms. The van der Waals surface area contributed by atoms with Gasteiger partial charge in [-0.15, -0.1) is 11.3 Å². The summed E-state index contributed by atoms with van der Waals surface area (Å²) in [5.74, 6) is -0.764. The van der Waals surface area contributed by atoms with Crippen molar-refractivity contribution in [2.45, 2.75) is 75.4 Å². The highest BCUT2D eigenvalue weighted by molar-refractivity contribution is 7.11. The van der Waals surface area contributed by atoms with E-state index in [-0.39, 0.29) is 30.4 Å². The highest BCUT2D eigenvalue weighted by Crippen LogP contribution is 2.41. The van der Waals surface area contributed by atoms with Crippen LogP contribution in [0.3, 0.4) is 0 Å². The summed E-state index contributed by atoms with van der Waals surface area (Å²) in [4.78, 5) is 32.5. The summed E-state index contributed by atoms with van der Waals surface area (Å²) in [6.07, 6.45) is 0.743. The van der Waals surface area contributed by atoms with Crippen LogP contribution in [0, 0.1) is 0 Å². The molecule has 2 fully saturated rings. The molecule has 1 aromatic carbocycles. The number of Topliss-reactive ketones (excluding diaryl/α,β-unsaturated/α-hetero) is 1. The molecule has 2 aromatic rings. The SMILES string of the molecule is COCc1cnc(C2(O)CCC(N3CCC(NC(=O)CCC(=O)c4cccc(C(F)(F)F)c4)C3)CC2)s1. The van der Waals surface area contributed by atoms with Crippen LogP contribution in [-0.2, 0) is 27.9 Å². The fraction of sp³-hybridized carbons (Fsp3) is 0.577. The number of hydrogen-bond donors (Lipinski definition) is 2. The highest BCUT2D eigenvalue weighted by atomic mass is 32.1. The highest BCUT2D eigenvalue weighted by Gasteiger charge is 2.40. The maximum absolute atomic E-state index is 12.9. The van der Waals surface area contributed by atoms with Crippen LogP contribution in [0.2, 0.25) is 0 Å². The Balaban J connectivity index is 1.21. The Bertz CT molecular complexity index is 1100. The van der Waals surface area contributed by atoms with Gasteiger partial charge in [0.2, 0.25) is 5.91 Å². The van der Waals surface area contributed by atoms with Gasteiger partial charge in [-0.2, -0.15) is 13.2 Å². The molecule has 1 unspecified atom stereocenters. The second-order valence-corrected chi connectivity index (χ2v) is 11.0. The van der Waals surface area contributed by atoms with Crippen molar-refractivity contribution >= 4 is 23.0 Å². The van der Waals surface area contributed by atoms with Crippen molar-refractivity contribution < 1.29 is 32.6 Å². The van der Waals surface area contributed by atoms with Crippen molar-refractivity contribution in [3.05, 3.63) is 51.5 Å². The molecule has 1 amide bonds. The summed E-state index contributed by atoms with van der Waals surface area (Å²) in [5, 5.41) is 14.9. The predicted molar refractivity (Wildman–Crippen MR) is 132 cm³/mol. The van der Waals surface area contributed by atoms with E-state index in [1.165, 1.54) is 23.5 Å². The minimum Gasteiger partial charge on any atom is -0.383 e. The van der Waals surface area contributed by atoms with Crippen molar-refractivity contribution in [2.24, 2.45) is 0 Å². The minimum atomic E-state index is -4.52. The summed E-state index contributed by atoms with van der Waals surface area (Å²) in [6, 6.07) is 4.57. The fourth-order valence-corrected chi connectivity index (χ4v) is 6.20. The molecule has 1 saturated carbocycles. The topological polar surface area (TPSA) is 91.8 Å². The lowest BCUT2D eigenvalue weighted by Crippen LogP contribution is -2.43. The van der Waals surface area contributed by atoms with Gasteiger partial charge in [0.1, 0.15) is 10.6 Å². The summed E-state index contributed by atoms with van der Waals surface area (Å²) in [7, 11) is 1.63. The number of hydrogen-bond acceptors (Lipinski definition) is 7. The number of nitrogens with zero attached hydrogens (tertiary/aromatic N) is 2. The first-order chi connectivity index (χ1) is 17.6. The molecule has 2 aliphatic rings. The molecule has 1 atom stereocenters. The number of nitrogens with one attached hydrogen (secondary N) is 1. The van der Waals surface area contributed by atoms with Gasteiger partial charge >= 0.3 is 6.18 Å². The Hall–Kier alpha value is -2.34. The zero-order valence-electron chi connectivity index (χ0n) is 20.7. The Morgan fingerprint density at radius 2 is 2.00 bits per heavy atom. The van der Waals surface area contributed by atoms with Crippen LogP contribution in [0.25, 0.3) is 0 Å². The summed E-state index contributed by atoms with van der Waals surface area (Å²) in [5.41, 5.74) is -1.83. The van der Waals surface area contributed by atoms with Crippen LogP contribution in [0.15, 0.2) is 30.5 Å². The van der Waals surface area contributed by atoms with Gasteiger partial charge in [-0.1, -0.05) is 12.1 Å². The van der Waals surface area contributed by atoms with Crippen molar-refractivity contribution in [3.8, 4) is 0 Å². The Morgan fingerprint density at radius 1 is 1.24 bits per heavy atom. The second kappa shape index (κ2) is 11.6. The standard InChI is InChI=1S/C26H32F3N3O4S/c1-36-16-21-14-30-24(37-21)25(35)10-7-20(8-11-25)32-12-9-19(15-32)31-23(34)6-5-22(33)17-3-2-4-18(13-17)26(27,28)29/h2-4,13-14,19-20,35H,5-12,15-16H2,1H3,(H,31,34). The van der Waals surface area contributed by atoms with Gasteiger partial charge in [-0.05, 0) is 44.2 Å². The molecule has 11 heteroatoms. The Kier molecular flexibility index (Phi) is 8.67. The maximum atomic E-state index is 12.9. The second-order valence-electron chi connectivity index (χ2n) is 9.88. The Morgan fingerprint density at radius 3 is 2.70 bits per heavy atom. The molecule has 37 heavy (non-hydrogen) atoms. The molecule has 2 N–H and O–H groups in total. The molecule has 0 radical (unpaired) electrons. The van der Waals surface area contributed by atoms with Gasteiger partial charge in [0, 0.05) is 56.9 Å². The van der Waals surface area contributed by atoms with Crippen molar-refractivity contribution in [1.29, 1.82) is 0 Å². The zero-order chi connectivity index (χ0) is 26.6. The molecule has 4 rings (SSSR count). The van der Waals surface area contributed by atoms with Gasteiger partial charge < -0.3 is 15.2 Å². The first kappa shape index (κ1) is 27.7. The van der Waals surface area contributed by atoms with Gasteiger partial charge in [0.05, 0.1) is 17.0 Å². The molecule has 1 saturated heterocycles. The summed E-state index contributed by atoms with van der Waals surface area (Å²) in [6.45, 7) is 2.02. The van der Waals surface area contributed by atoms with Crippen molar-refractivity contribution in [1.82, 2.24) is 15.2 Å². The molecule has 1 aliphatic carbocycles. The molecule has 0 spiro atoms. The quantitative estimate of drug-likeness (QED) is 0.462. The predicted octanol–water partition coefficient (Wildman–Crippen LogP) is 4.29.